The molecule has 0 bridgehead atoms. The number of hydrogen-bond donors (Lipinski definition) is 0. The summed E-state index contributed by atoms with van der Waals surface area (Å²) in [7, 11) is 0. The molecule has 0 saturated carbocycles. The van der Waals surface area contributed by atoms with Crippen molar-refractivity contribution in [3.05, 3.63) is 62.7 Å². The zero-order valence-electron chi connectivity index (χ0n) is 10.5. The van der Waals surface area contributed by atoms with Crippen molar-refractivity contribution in [1.82, 2.24) is 0 Å². The Labute approximate surface area is 120 Å². The highest BCUT2D eigenvalue weighted by atomic mass is 35.5. The van der Waals surface area contributed by atoms with Gasteiger partial charge in [0.15, 0.2) is 0 Å². The first kappa shape index (κ1) is 13.8. The molecule has 100 valence electrons. The van der Waals surface area contributed by atoms with Gasteiger partial charge in [0.05, 0.1) is 21.6 Å². The van der Waals surface area contributed by atoms with Crippen molar-refractivity contribution in [2.24, 2.45) is 0 Å². The summed E-state index contributed by atoms with van der Waals surface area (Å²) >= 11 is 5.99. The molecule has 0 aliphatic carbocycles. The van der Waals surface area contributed by atoms with Crippen LogP contribution in [-0.2, 0) is 0 Å². The van der Waals surface area contributed by atoms with Gasteiger partial charge in [-0.3, -0.25) is 10.1 Å². The second kappa shape index (κ2) is 5.59. The lowest BCUT2D eigenvalue weighted by molar-refractivity contribution is -0.385. The van der Waals surface area contributed by atoms with E-state index in [1.165, 1.54) is 18.2 Å². The summed E-state index contributed by atoms with van der Waals surface area (Å²) < 4.78 is 5.50. The van der Waals surface area contributed by atoms with Gasteiger partial charge in [0.2, 0.25) is 5.75 Å². The standard InChI is InChI=1S/C14H9ClN2O3/c1-9-2-4-11(15)13(6-9)20-14-7-10(8-16)3-5-12(14)17(18)19/h2-7H,1H3. The highest BCUT2D eigenvalue weighted by molar-refractivity contribution is 6.32. The zero-order chi connectivity index (χ0) is 14.7. The highest BCUT2D eigenvalue weighted by Gasteiger charge is 2.17. The summed E-state index contributed by atoms with van der Waals surface area (Å²) in [5.41, 5.74) is 0.958. The second-order valence-corrected chi connectivity index (χ2v) is 4.49. The first-order valence-electron chi connectivity index (χ1n) is 5.64. The van der Waals surface area contributed by atoms with Crippen molar-refractivity contribution in [3.63, 3.8) is 0 Å². The molecule has 5 nitrogen and oxygen atoms in total. The van der Waals surface area contributed by atoms with Gasteiger partial charge in [0, 0.05) is 12.1 Å². The molecule has 2 rings (SSSR count). The quantitative estimate of drug-likeness (QED) is 0.626. The Morgan fingerprint density at radius 1 is 1.25 bits per heavy atom. The lowest BCUT2D eigenvalue weighted by Gasteiger charge is -2.09. The van der Waals surface area contributed by atoms with Gasteiger partial charge >= 0.3 is 5.69 Å². The smallest absolute Gasteiger partial charge is 0.311 e. The van der Waals surface area contributed by atoms with E-state index in [1.54, 1.807) is 18.2 Å². The number of ether oxygens (including phenoxy) is 1. The van der Waals surface area contributed by atoms with Crippen LogP contribution in [0.2, 0.25) is 5.02 Å². The number of hydrogen-bond acceptors (Lipinski definition) is 4. The molecule has 0 heterocycles. The van der Waals surface area contributed by atoms with Crippen molar-refractivity contribution >= 4 is 17.3 Å². The number of benzene rings is 2. The summed E-state index contributed by atoms with van der Waals surface area (Å²) in [5.74, 6) is 0.298. The lowest BCUT2D eigenvalue weighted by atomic mass is 10.2. The average Bonchev–Trinajstić information content (AvgIpc) is 2.42. The molecule has 2 aromatic carbocycles. The SMILES string of the molecule is Cc1ccc(Cl)c(Oc2cc(C#N)ccc2[N+](=O)[O-])c1. The van der Waals surface area contributed by atoms with Gasteiger partial charge < -0.3 is 4.74 Å². The zero-order valence-corrected chi connectivity index (χ0v) is 11.2. The van der Waals surface area contributed by atoms with Crippen molar-refractivity contribution in [2.45, 2.75) is 6.92 Å². The third-order valence-corrected chi connectivity index (χ3v) is 2.90. The van der Waals surface area contributed by atoms with Crippen LogP contribution in [0.4, 0.5) is 5.69 Å². The number of aryl methyl sites for hydroxylation is 1. The van der Waals surface area contributed by atoms with Crippen molar-refractivity contribution < 1.29 is 9.66 Å². The van der Waals surface area contributed by atoms with E-state index in [0.29, 0.717) is 10.8 Å². The summed E-state index contributed by atoms with van der Waals surface area (Å²) in [6, 6.07) is 10.9. The Morgan fingerprint density at radius 3 is 2.65 bits per heavy atom. The van der Waals surface area contributed by atoms with Crippen LogP contribution in [-0.4, -0.2) is 4.92 Å². The third kappa shape index (κ3) is 2.87. The van der Waals surface area contributed by atoms with Crippen LogP contribution in [0, 0.1) is 28.4 Å². The van der Waals surface area contributed by atoms with Crippen LogP contribution < -0.4 is 4.74 Å². The number of nitro benzene ring substituents is 1. The summed E-state index contributed by atoms with van der Waals surface area (Å²) in [5, 5.41) is 20.2. The molecule has 0 radical (unpaired) electrons. The molecule has 0 aromatic heterocycles. The van der Waals surface area contributed by atoms with E-state index < -0.39 is 4.92 Å². The molecule has 0 saturated heterocycles. The molecular formula is C14H9ClN2O3. The maximum atomic E-state index is 11.0. The maximum absolute atomic E-state index is 11.0. The molecule has 0 aliphatic rings. The second-order valence-electron chi connectivity index (χ2n) is 4.09. The molecule has 0 spiro atoms. The number of nitrogens with zero attached hydrogens (tertiary/aromatic N) is 2. The predicted octanol–water partition coefficient (Wildman–Crippen LogP) is 4.22. The van der Waals surface area contributed by atoms with Crippen LogP contribution >= 0.6 is 11.6 Å². The molecule has 0 amide bonds. The van der Waals surface area contributed by atoms with Gasteiger partial charge in [0.1, 0.15) is 5.75 Å². The predicted molar refractivity (Wildman–Crippen MR) is 74.1 cm³/mol. The van der Waals surface area contributed by atoms with Gasteiger partial charge in [-0.15, -0.1) is 0 Å². The summed E-state index contributed by atoms with van der Waals surface area (Å²) in [4.78, 5) is 10.4. The Balaban J connectivity index is 2.49. The number of halogens is 1. The first-order chi connectivity index (χ1) is 9.51. The largest absolute Gasteiger partial charge is 0.448 e. The molecular weight excluding hydrogens is 280 g/mol. The van der Waals surface area contributed by atoms with Crippen molar-refractivity contribution in [3.8, 4) is 17.6 Å². The molecule has 0 N–H and O–H groups in total. The van der Waals surface area contributed by atoms with Gasteiger partial charge in [-0.2, -0.15) is 5.26 Å². The molecule has 2 aromatic rings. The summed E-state index contributed by atoms with van der Waals surface area (Å²) in [6.07, 6.45) is 0. The monoisotopic (exact) mass is 288 g/mol. The minimum atomic E-state index is -0.569. The Hall–Kier alpha value is -2.58. The van der Waals surface area contributed by atoms with Crippen LogP contribution in [0.25, 0.3) is 0 Å². The van der Waals surface area contributed by atoms with E-state index in [2.05, 4.69) is 0 Å². The fourth-order valence-corrected chi connectivity index (χ4v) is 1.78. The van der Waals surface area contributed by atoms with Gasteiger partial charge in [0.25, 0.3) is 0 Å². The third-order valence-electron chi connectivity index (χ3n) is 2.59. The van der Waals surface area contributed by atoms with Crippen LogP contribution in [0.15, 0.2) is 36.4 Å². The molecule has 0 atom stereocenters. The van der Waals surface area contributed by atoms with Gasteiger partial charge in [-0.25, -0.2) is 0 Å². The number of rotatable bonds is 3. The molecule has 0 unspecified atom stereocenters. The Bertz CT molecular complexity index is 723. The van der Waals surface area contributed by atoms with E-state index in [9.17, 15) is 10.1 Å². The molecule has 0 fully saturated rings. The molecule has 0 aliphatic heterocycles. The lowest BCUT2D eigenvalue weighted by Crippen LogP contribution is -1.95. The number of nitriles is 1. The van der Waals surface area contributed by atoms with Gasteiger partial charge in [-0.1, -0.05) is 17.7 Å². The van der Waals surface area contributed by atoms with Crippen LogP contribution in [0.3, 0.4) is 0 Å². The Kier molecular flexibility index (Phi) is 3.87. The fourth-order valence-electron chi connectivity index (χ4n) is 1.62. The van der Waals surface area contributed by atoms with Crippen molar-refractivity contribution in [2.75, 3.05) is 0 Å². The van der Waals surface area contributed by atoms with Crippen LogP contribution in [0.5, 0.6) is 11.5 Å². The van der Waals surface area contributed by atoms with Gasteiger partial charge in [-0.05, 0) is 30.7 Å². The van der Waals surface area contributed by atoms with E-state index in [0.717, 1.165) is 5.56 Å². The Morgan fingerprint density at radius 2 is 2.00 bits per heavy atom. The molecule has 20 heavy (non-hydrogen) atoms. The van der Waals surface area contributed by atoms with E-state index in [-0.39, 0.29) is 17.0 Å². The van der Waals surface area contributed by atoms with Crippen LogP contribution in [0.1, 0.15) is 11.1 Å². The highest BCUT2D eigenvalue weighted by Crippen LogP contribution is 2.35. The fraction of sp³-hybridized carbons (Fsp3) is 0.0714. The van der Waals surface area contributed by atoms with E-state index >= 15 is 0 Å². The molecule has 6 heteroatoms. The normalized spacial score (nSPS) is 9.85. The topological polar surface area (TPSA) is 76.2 Å². The average molecular weight is 289 g/mol. The van der Waals surface area contributed by atoms with E-state index in [4.69, 9.17) is 21.6 Å². The summed E-state index contributed by atoms with van der Waals surface area (Å²) in [6.45, 7) is 1.85. The minimum Gasteiger partial charge on any atom is -0.448 e. The minimum absolute atomic E-state index is 0.0125. The number of nitro groups is 1. The first-order valence-corrected chi connectivity index (χ1v) is 6.01. The maximum Gasteiger partial charge on any atom is 0.311 e. The van der Waals surface area contributed by atoms with Crippen molar-refractivity contribution in [1.29, 1.82) is 5.26 Å². The van der Waals surface area contributed by atoms with E-state index in [1.807, 2.05) is 13.0 Å².